The summed E-state index contributed by atoms with van der Waals surface area (Å²) in [6.45, 7) is 7.20. The third kappa shape index (κ3) is 3.74. The molecular formula is C15H24N2O3S. The van der Waals surface area contributed by atoms with Crippen LogP contribution in [0, 0.1) is 5.92 Å². The number of aromatic nitrogens is 1. The number of hydrogen-bond donors (Lipinski definition) is 1. The number of rotatable bonds is 7. The van der Waals surface area contributed by atoms with Crippen molar-refractivity contribution in [3.05, 3.63) is 10.6 Å². The van der Waals surface area contributed by atoms with E-state index in [0.717, 1.165) is 23.7 Å². The molecule has 1 aromatic rings. The Balaban J connectivity index is 2.08. The summed E-state index contributed by atoms with van der Waals surface area (Å²) in [5.41, 5.74) is 0.904. The minimum Gasteiger partial charge on any atom is -0.465 e. The lowest BCUT2D eigenvalue weighted by Gasteiger charge is -2.21. The molecule has 0 fully saturated rings. The Bertz CT molecular complexity index is 487. The van der Waals surface area contributed by atoms with E-state index in [-0.39, 0.29) is 17.9 Å². The summed E-state index contributed by atoms with van der Waals surface area (Å²) in [7, 11) is 1.70. The maximum absolute atomic E-state index is 12.0. The highest BCUT2D eigenvalue weighted by molar-refractivity contribution is 7.15. The van der Waals surface area contributed by atoms with Crippen LogP contribution < -0.4 is 5.32 Å². The predicted molar refractivity (Wildman–Crippen MR) is 83.9 cm³/mol. The van der Waals surface area contributed by atoms with E-state index in [4.69, 9.17) is 9.47 Å². The summed E-state index contributed by atoms with van der Waals surface area (Å²) in [6.07, 6.45) is 1.73. The van der Waals surface area contributed by atoms with Gasteiger partial charge in [0.15, 0.2) is 5.13 Å². The molecule has 0 aliphatic heterocycles. The van der Waals surface area contributed by atoms with E-state index in [1.54, 1.807) is 18.4 Å². The van der Waals surface area contributed by atoms with Crippen LogP contribution >= 0.6 is 11.3 Å². The molecule has 2 rings (SSSR count). The molecule has 1 aliphatic carbocycles. The van der Waals surface area contributed by atoms with Crippen molar-refractivity contribution in [3.8, 4) is 0 Å². The van der Waals surface area contributed by atoms with Crippen molar-refractivity contribution < 1.29 is 14.3 Å². The molecule has 21 heavy (non-hydrogen) atoms. The van der Waals surface area contributed by atoms with E-state index in [1.807, 2.05) is 6.92 Å². The fraction of sp³-hybridized carbons (Fsp3) is 0.733. The van der Waals surface area contributed by atoms with Crippen LogP contribution in [-0.2, 0) is 20.7 Å². The van der Waals surface area contributed by atoms with Crippen LogP contribution in [0.2, 0.25) is 0 Å². The average molecular weight is 312 g/mol. The summed E-state index contributed by atoms with van der Waals surface area (Å²) in [6, 6.07) is 0.224. The van der Waals surface area contributed by atoms with E-state index in [9.17, 15) is 4.79 Å². The minimum absolute atomic E-state index is 0.148. The molecule has 1 aliphatic rings. The van der Waals surface area contributed by atoms with E-state index in [2.05, 4.69) is 24.1 Å². The van der Waals surface area contributed by atoms with Gasteiger partial charge in [-0.1, -0.05) is 13.8 Å². The molecule has 5 nitrogen and oxygen atoms in total. The van der Waals surface area contributed by atoms with E-state index >= 15 is 0 Å². The van der Waals surface area contributed by atoms with Crippen LogP contribution in [0.25, 0.3) is 0 Å². The van der Waals surface area contributed by atoms with Crippen LogP contribution in [0.1, 0.15) is 43.7 Å². The first-order chi connectivity index (χ1) is 10.1. The van der Waals surface area contributed by atoms with Gasteiger partial charge in [-0.3, -0.25) is 4.79 Å². The fourth-order valence-corrected chi connectivity index (χ4v) is 3.60. The minimum atomic E-state index is -0.188. The standard InChI is InChI=1S/C15H24N2O3S/c1-5-20-14(18)10-6-7-12-13(10)17-15(21-12)16-11(8-19-4)9(2)3/h9-11H,5-8H2,1-4H3,(H,16,17). The highest BCUT2D eigenvalue weighted by Gasteiger charge is 2.33. The molecule has 6 heteroatoms. The van der Waals surface area contributed by atoms with Gasteiger partial charge in [-0.25, -0.2) is 4.98 Å². The van der Waals surface area contributed by atoms with Gasteiger partial charge >= 0.3 is 5.97 Å². The van der Waals surface area contributed by atoms with Gasteiger partial charge < -0.3 is 14.8 Å². The second-order valence-corrected chi connectivity index (χ2v) is 6.70. The molecule has 0 bridgehead atoms. The van der Waals surface area contributed by atoms with Gasteiger partial charge in [-0.05, 0) is 25.7 Å². The molecule has 0 spiro atoms. The van der Waals surface area contributed by atoms with Crippen molar-refractivity contribution in [1.29, 1.82) is 0 Å². The quantitative estimate of drug-likeness (QED) is 0.785. The lowest BCUT2D eigenvalue weighted by atomic mass is 10.1. The molecule has 1 heterocycles. The smallest absolute Gasteiger partial charge is 0.315 e. The zero-order valence-corrected chi connectivity index (χ0v) is 14.0. The topological polar surface area (TPSA) is 60.5 Å². The Morgan fingerprint density at radius 3 is 2.90 bits per heavy atom. The normalized spacial score (nSPS) is 18.6. The number of fused-ring (bicyclic) bond motifs is 1. The third-order valence-electron chi connectivity index (χ3n) is 3.75. The Morgan fingerprint density at radius 1 is 1.52 bits per heavy atom. The van der Waals surface area contributed by atoms with Crippen molar-refractivity contribution in [2.45, 2.75) is 45.6 Å². The molecule has 0 amide bonds. The lowest BCUT2D eigenvalue weighted by molar-refractivity contribution is -0.145. The number of aryl methyl sites for hydroxylation is 1. The van der Waals surface area contributed by atoms with Gasteiger partial charge in [-0.2, -0.15) is 0 Å². The number of hydrogen-bond acceptors (Lipinski definition) is 6. The number of ether oxygens (including phenoxy) is 2. The van der Waals surface area contributed by atoms with Gasteiger partial charge in [0.05, 0.1) is 24.9 Å². The van der Waals surface area contributed by atoms with Gasteiger partial charge in [0, 0.05) is 12.0 Å². The first-order valence-corrected chi connectivity index (χ1v) is 8.30. The van der Waals surface area contributed by atoms with E-state index < -0.39 is 0 Å². The lowest BCUT2D eigenvalue weighted by Crippen LogP contribution is -2.30. The van der Waals surface area contributed by atoms with Gasteiger partial charge in [0.2, 0.25) is 0 Å². The second kappa shape index (κ2) is 7.22. The number of carbonyl (C=O) groups is 1. The molecule has 0 saturated heterocycles. The summed E-state index contributed by atoms with van der Waals surface area (Å²) in [4.78, 5) is 17.8. The summed E-state index contributed by atoms with van der Waals surface area (Å²) in [5.74, 6) is 0.113. The second-order valence-electron chi connectivity index (χ2n) is 5.62. The van der Waals surface area contributed by atoms with Gasteiger partial charge in [-0.15, -0.1) is 11.3 Å². The zero-order chi connectivity index (χ0) is 15.4. The monoisotopic (exact) mass is 312 g/mol. The van der Waals surface area contributed by atoms with Crippen LogP contribution in [0.3, 0.4) is 0 Å². The maximum atomic E-state index is 12.0. The summed E-state index contributed by atoms with van der Waals surface area (Å²) in [5, 5.41) is 4.31. The number of thiazole rings is 1. The van der Waals surface area contributed by atoms with E-state index in [0.29, 0.717) is 19.1 Å². The Kier molecular flexibility index (Phi) is 5.58. The highest BCUT2D eigenvalue weighted by atomic mass is 32.1. The fourth-order valence-electron chi connectivity index (χ4n) is 2.50. The van der Waals surface area contributed by atoms with Crippen molar-refractivity contribution in [1.82, 2.24) is 4.98 Å². The van der Waals surface area contributed by atoms with Crippen LogP contribution in [-0.4, -0.2) is 37.3 Å². The Labute approximate surface area is 130 Å². The average Bonchev–Trinajstić information content (AvgIpc) is 2.97. The highest BCUT2D eigenvalue weighted by Crippen LogP contribution is 2.39. The van der Waals surface area contributed by atoms with Crippen LogP contribution in [0.15, 0.2) is 0 Å². The molecular weight excluding hydrogens is 288 g/mol. The molecule has 1 N–H and O–H groups in total. The number of nitrogens with one attached hydrogen (secondary N) is 1. The SMILES string of the molecule is CCOC(=O)C1CCc2sc(NC(COC)C(C)C)nc21. The first kappa shape index (κ1) is 16.2. The van der Waals surface area contributed by atoms with Crippen molar-refractivity contribution in [3.63, 3.8) is 0 Å². The largest absolute Gasteiger partial charge is 0.465 e. The number of esters is 1. The summed E-state index contributed by atoms with van der Waals surface area (Å²) >= 11 is 1.65. The van der Waals surface area contributed by atoms with Crippen LogP contribution in [0.5, 0.6) is 0 Å². The van der Waals surface area contributed by atoms with Crippen molar-refractivity contribution >= 4 is 22.4 Å². The van der Waals surface area contributed by atoms with Crippen molar-refractivity contribution in [2.75, 3.05) is 25.6 Å². The summed E-state index contributed by atoms with van der Waals surface area (Å²) < 4.78 is 10.4. The van der Waals surface area contributed by atoms with E-state index in [1.165, 1.54) is 4.88 Å². The van der Waals surface area contributed by atoms with Gasteiger partial charge in [0.25, 0.3) is 0 Å². The first-order valence-electron chi connectivity index (χ1n) is 7.48. The number of nitrogens with zero attached hydrogens (tertiary/aromatic N) is 1. The van der Waals surface area contributed by atoms with Crippen LogP contribution in [0.4, 0.5) is 5.13 Å². The Morgan fingerprint density at radius 2 is 2.29 bits per heavy atom. The molecule has 0 saturated carbocycles. The molecule has 118 valence electrons. The molecule has 1 aromatic heterocycles. The number of methoxy groups -OCH3 is 1. The molecule has 0 radical (unpaired) electrons. The molecule has 2 atom stereocenters. The maximum Gasteiger partial charge on any atom is 0.315 e. The van der Waals surface area contributed by atoms with Crippen molar-refractivity contribution in [2.24, 2.45) is 5.92 Å². The zero-order valence-electron chi connectivity index (χ0n) is 13.1. The number of anilines is 1. The molecule has 2 unspecified atom stereocenters. The predicted octanol–water partition coefficient (Wildman–Crippen LogP) is 2.82. The third-order valence-corrected chi connectivity index (χ3v) is 4.81. The Hall–Kier alpha value is -1.14. The number of carbonyl (C=O) groups excluding carboxylic acids is 1. The van der Waals surface area contributed by atoms with Gasteiger partial charge in [0.1, 0.15) is 5.92 Å². The molecule has 0 aromatic carbocycles.